The van der Waals surface area contributed by atoms with E-state index in [1.807, 2.05) is 0 Å². The molecule has 294 valence electrons. The molecule has 0 aliphatic carbocycles. The van der Waals surface area contributed by atoms with E-state index < -0.39 is 264 Å². The monoisotopic (exact) mass is 833 g/mol. The summed E-state index contributed by atoms with van der Waals surface area (Å²) in [4.78, 5) is 14.6. The van der Waals surface area contributed by atoms with Crippen molar-refractivity contribution in [1.29, 1.82) is 0 Å². The Morgan fingerprint density at radius 1 is 0.349 bits per heavy atom. The maximum Gasteiger partial charge on any atom is 0.240 e. The maximum absolute atomic E-state index is 10.1. The number of aromatic nitrogens is 5. The van der Waals surface area contributed by atoms with E-state index in [0.29, 0.717) is 16.4 Å². The van der Waals surface area contributed by atoms with Crippen LogP contribution in [0.4, 0.5) is 0 Å². The summed E-state index contributed by atoms with van der Waals surface area (Å²) in [5.74, 6) is -2.06. The lowest BCUT2D eigenvalue weighted by molar-refractivity contribution is 0.669. The van der Waals surface area contributed by atoms with Gasteiger partial charge in [-0.2, -0.15) is 15.0 Å². The molecule has 6 nitrogen and oxygen atoms in total. The lowest BCUT2D eigenvalue weighted by atomic mass is 10.0. The Morgan fingerprint density at radius 2 is 0.810 bits per heavy atom. The lowest BCUT2D eigenvalue weighted by Gasteiger charge is -2.13. The summed E-state index contributed by atoms with van der Waals surface area (Å²) in [5.41, 5.74) is -6.48. The number of rotatable bonds is 6. The van der Waals surface area contributed by atoms with Crippen molar-refractivity contribution >= 4 is 65.6 Å². The molecule has 0 fully saturated rings. The summed E-state index contributed by atoms with van der Waals surface area (Å²) in [7, 11) is 0. The minimum atomic E-state index is -0.962. The Morgan fingerprint density at radius 3 is 1.37 bits per heavy atom. The summed E-state index contributed by atoms with van der Waals surface area (Å²) in [6.45, 7) is 0. The molecule has 0 amide bonds. The standard InChI is InChI=1S/C57H35N5O/c1-4-14-36(15-5-1)39-24-28-44-43-20-10-12-22-49(43)61(50(44)32-39)56-58-55(42-27-31-48-47-21-11-13-23-53(47)63-54(48)35-42)59-57(60-56)62-51-33-40(37-16-6-2-7-17-37)25-29-45(51)46-30-26-41(34-52(46)62)38-18-8-3-9-19-38/h1-35H/i1D,2D,3D,4D,5D,6D,7D,8D,9D,10D,12D,14D,15D,16D,17D,18D,19D,20D,22D,24D,25D,26D,28D,29D,30D,32D,33D,34D. The van der Waals surface area contributed by atoms with Gasteiger partial charge in [0.2, 0.25) is 11.9 Å². The smallest absolute Gasteiger partial charge is 0.240 e. The third-order valence-electron chi connectivity index (χ3n) is 10.3. The molecule has 0 saturated carbocycles. The molecule has 0 atom stereocenters. The van der Waals surface area contributed by atoms with Crippen LogP contribution in [0.3, 0.4) is 0 Å². The van der Waals surface area contributed by atoms with Crippen LogP contribution in [0.1, 0.15) is 38.4 Å². The van der Waals surface area contributed by atoms with Gasteiger partial charge in [-0.05, 0) is 75.7 Å². The van der Waals surface area contributed by atoms with E-state index >= 15 is 0 Å². The number of furan rings is 1. The molecule has 13 rings (SSSR count). The second-order valence-corrected chi connectivity index (χ2v) is 13.9. The molecule has 0 saturated heterocycles. The molecule has 0 bridgehead atoms. The number of hydrogen-bond acceptors (Lipinski definition) is 4. The molecule has 0 unspecified atom stereocenters. The molecule has 13 aromatic rings. The van der Waals surface area contributed by atoms with Gasteiger partial charge in [0.15, 0.2) is 5.82 Å². The van der Waals surface area contributed by atoms with Crippen molar-refractivity contribution in [1.82, 2.24) is 24.1 Å². The lowest BCUT2D eigenvalue weighted by Crippen LogP contribution is -2.10. The van der Waals surface area contributed by atoms with Gasteiger partial charge in [0.25, 0.3) is 0 Å². The van der Waals surface area contributed by atoms with Crippen molar-refractivity contribution in [2.75, 3.05) is 0 Å². The van der Waals surface area contributed by atoms with E-state index in [-0.39, 0.29) is 11.1 Å². The zero-order valence-corrected chi connectivity index (χ0v) is 31.7. The Bertz CT molecular complexity index is 5370. The highest BCUT2D eigenvalue weighted by Gasteiger charge is 2.22. The maximum atomic E-state index is 10.1. The van der Waals surface area contributed by atoms with Gasteiger partial charge >= 0.3 is 0 Å². The molecule has 6 heteroatoms. The van der Waals surface area contributed by atoms with Crippen LogP contribution >= 0.6 is 0 Å². The van der Waals surface area contributed by atoms with Gasteiger partial charge in [-0.25, -0.2) is 0 Å². The van der Waals surface area contributed by atoms with E-state index in [4.69, 9.17) is 42.7 Å². The van der Waals surface area contributed by atoms with Crippen LogP contribution in [0.2, 0.25) is 0 Å². The summed E-state index contributed by atoms with van der Waals surface area (Å²) in [5, 5.41) is -1.01. The molecule has 4 heterocycles. The average molecular weight is 834 g/mol. The second-order valence-electron chi connectivity index (χ2n) is 13.9. The van der Waals surface area contributed by atoms with Crippen molar-refractivity contribution in [2.24, 2.45) is 0 Å². The molecular weight excluding hydrogens is 771 g/mol. The van der Waals surface area contributed by atoms with Crippen molar-refractivity contribution in [3.63, 3.8) is 0 Å². The number of hydrogen-bond donors (Lipinski definition) is 0. The van der Waals surface area contributed by atoms with Gasteiger partial charge < -0.3 is 4.42 Å². The van der Waals surface area contributed by atoms with Crippen LogP contribution in [0, 0.1) is 0 Å². The fourth-order valence-electron chi connectivity index (χ4n) is 7.56. The average Bonchev–Trinajstić information content (AvgIpc) is 1.57. The molecule has 0 aliphatic heterocycles. The van der Waals surface area contributed by atoms with Crippen LogP contribution in [0.5, 0.6) is 0 Å². The predicted molar refractivity (Wildman–Crippen MR) is 258 cm³/mol. The van der Waals surface area contributed by atoms with Gasteiger partial charge in [-0.3, -0.25) is 9.13 Å². The summed E-state index contributed by atoms with van der Waals surface area (Å²) in [6.07, 6.45) is 0. The first-order valence-corrected chi connectivity index (χ1v) is 18.9. The van der Waals surface area contributed by atoms with Crippen LogP contribution in [-0.2, 0) is 0 Å². The summed E-state index contributed by atoms with van der Waals surface area (Å²) >= 11 is 0. The normalized spacial score (nSPS) is 18.0. The summed E-state index contributed by atoms with van der Waals surface area (Å²) < 4.78 is 263. The molecule has 9 aromatic carbocycles. The topological polar surface area (TPSA) is 61.7 Å². The van der Waals surface area contributed by atoms with Gasteiger partial charge in [-0.15, -0.1) is 0 Å². The van der Waals surface area contributed by atoms with Crippen molar-refractivity contribution in [3.05, 3.63) is 212 Å². The quantitative estimate of drug-likeness (QED) is 0.167. The van der Waals surface area contributed by atoms with Crippen molar-refractivity contribution in [2.45, 2.75) is 0 Å². The van der Waals surface area contributed by atoms with Crippen molar-refractivity contribution in [3.8, 4) is 56.7 Å². The van der Waals surface area contributed by atoms with E-state index in [1.54, 1.807) is 30.3 Å². The second kappa shape index (κ2) is 14.0. The van der Waals surface area contributed by atoms with Crippen LogP contribution in [0.25, 0.3) is 122 Å². The number of fused-ring (bicyclic) bond motifs is 9. The minimum Gasteiger partial charge on any atom is -0.456 e. The van der Waals surface area contributed by atoms with E-state index in [1.165, 1.54) is 12.1 Å². The molecule has 63 heavy (non-hydrogen) atoms. The molecule has 0 radical (unpaired) electrons. The van der Waals surface area contributed by atoms with Crippen molar-refractivity contribution < 1.29 is 42.8 Å². The fraction of sp³-hybridized carbons (Fsp3) is 0. The first-order valence-electron chi connectivity index (χ1n) is 32.9. The number of benzene rings is 9. The highest BCUT2D eigenvalue weighted by Crippen LogP contribution is 2.39. The van der Waals surface area contributed by atoms with Crippen LogP contribution in [0.15, 0.2) is 216 Å². The van der Waals surface area contributed by atoms with Gasteiger partial charge in [0.1, 0.15) is 11.2 Å². The Labute approximate surface area is 400 Å². The number of nitrogens with zero attached hydrogens (tertiary/aromatic N) is 5. The SMILES string of the molecule is [2H]c1c([2H])c([2H])c(-c2c([2H])c([2H])c3c4c([2H])c([2H])c([2H])c([2H])c4n(-c4nc(-c5ccc6c(c5)oc5ccccc56)nc(-n5c6c([2H])c(-c7c([2H])c([2H])c([2H])c([2H])c7[2H])c([2H])c([2H])c6c6c([2H])c([2H])c(-c7c([2H])c([2H])c([2H])c([2H])c7[2H])c([2H])c65)n4)c3c2[2H])c([2H])c1[2H]. The van der Waals surface area contributed by atoms with Gasteiger partial charge in [0, 0.05) is 37.9 Å². The molecular formula is C57H35N5O. The minimum absolute atomic E-state index is 0.0292. The van der Waals surface area contributed by atoms with E-state index in [0.717, 1.165) is 9.13 Å². The fourth-order valence-corrected chi connectivity index (χ4v) is 7.56. The zero-order chi connectivity index (χ0) is 65.8. The molecule has 0 N–H and O–H groups in total. The number of para-hydroxylation sites is 2. The highest BCUT2D eigenvalue weighted by molar-refractivity contribution is 6.12. The molecule has 4 aromatic heterocycles. The Balaban J connectivity index is 1.30. The Hall–Kier alpha value is -8.61. The predicted octanol–water partition coefficient (Wildman–Crippen LogP) is 14.6. The van der Waals surface area contributed by atoms with E-state index in [2.05, 4.69) is 0 Å². The first kappa shape index (κ1) is 17.4. The third kappa shape index (κ3) is 5.69. The highest BCUT2D eigenvalue weighted by atomic mass is 16.3. The molecule has 0 spiro atoms. The van der Waals surface area contributed by atoms with Gasteiger partial charge in [0.05, 0.1) is 60.4 Å². The third-order valence-corrected chi connectivity index (χ3v) is 10.3. The van der Waals surface area contributed by atoms with Gasteiger partial charge in [-0.1, -0.05) is 169 Å². The van der Waals surface area contributed by atoms with E-state index in [9.17, 15) is 15.1 Å². The Kier molecular flexibility index (Phi) is 3.86. The largest absolute Gasteiger partial charge is 0.456 e. The molecule has 0 aliphatic rings. The zero-order valence-electron chi connectivity index (χ0n) is 59.7. The van der Waals surface area contributed by atoms with Crippen LogP contribution < -0.4 is 0 Å². The van der Waals surface area contributed by atoms with Crippen LogP contribution in [-0.4, -0.2) is 24.1 Å². The first-order chi connectivity index (χ1) is 42.9. The summed E-state index contributed by atoms with van der Waals surface area (Å²) in [6, 6.07) is -13.9.